The van der Waals surface area contributed by atoms with E-state index in [1.807, 2.05) is 6.92 Å². The Morgan fingerprint density at radius 2 is 2.35 bits per heavy atom. The number of carbonyl (C=O) groups is 2. The standard InChI is InChI=1S/C11H12N2O4/c1-2-4-12-11(15)17-10(14)8-6-9-7(13-8)3-5-16-9/h3,5-6,13H,2,4H2,1H3,(H,12,15). The van der Waals surface area contributed by atoms with Crippen LogP contribution in [0.3, 0.4) is 0 Å². The molecule has 17 heavy (non-hydrogen) atoms. The Labute approximate surface area is 96.9 Å². The number of nitrogens with one attached hydrogen (secondary N) is 2. The molecule has 0 atom stereocenters. The molecule has 2 aromatic rings. The van der Waals surface area contributed by atoms with E-state index >= 15 is 0 Å². The molecule has 6 heteroatoms. The number of rotatable bonds is 3. The highest BCUT2D eigenvalue weighted by molar-refractivity contribution is 5.98. The average molecular weight is 236 g/mol. The van der Waals surface area contributed by atoms with Crippen molar-refractivity contribution < 1.29 is 18.7 Å². The second kappa shape index (κ2) is 4.73. The Morgan fingerprint density at radius 1 is 1.53 bits per heavy atom. The first-order chi connectivity index (χ1) is 8.20. The summed E-state index contributed by atoms with van der Waals surface area (Å²) < 4.78 is 9.65. The number of amides is 1. The molecular formula is C11H12N2O4. The maximum Gasteiger partial charge on any atom is 0.415 e. The summed E-state index contributed by atoms with van der Waals surface area (Å²) in [5, 5.41) is 2.44. The van der Waals surface area contributed by atoms with Crippen LogP contribution >= 0.6 is 0 Å². The highest BCUT2D eigenvalue weighted by atomic mass is 16.6. The Kier molecular flexibility index (Phi) is 3.13. The van der Waals surface area contributed by atoms with Crippen molar-refractivity contribution in [2.75, 3.05) is 6.54 Å². The molecule has 0 radical (unpaired) electrons. The van der Waals surface area contributed by atoms with Gasteiger partial charge in [0.1, 0.15) is 5.69 Å². The van der Waals surface area contributed by atoms with Crippen LogP contribution in [0.1, 0.15) is 23.8 Å². The molecule has 0 bridgehead atoms. The Morgan fingerprint density at radius 3 is 3.06 bits per heavy atom. The van der Waals surface area contributed by atoms with E-state index < -0.39 is 12.1 Å². The molecule has 2 N–H and O–H groups in total. The molecule has 0 saturated carbocycles. The topological polar surface area (TPSA) is 84.3 Å². The summed E-state index contributed by atoms with van der Waals surface area (Å²) in [4.78, 5) is 25.5. The highest BCUT2D eigenvalue weighted by Crippen LogP contribution is 2.16. The van der Waals surface area contributed by atoms with E-state index in [4.69, 9.17) is 4.42 Å². The largest absolute Gasteiger partial charge is 0.463 e. The van der Waals surface area contributed by atoms with E-state index in [0.717, 1.165) is 6.42 Å². The molecule has 2 rings (SSSR count). The predicted molar refractivity (Wildman–Crippen MR) is 59.7 cm³/mol. The lowest BCUT2D eigenvalue weighted by Crippen LogP contribution is -2.27. The van der Waals surface area contributed by atoms with Crippen LogP contribution in [0.5, 0.6) is 0 Å². The molecule has 0 fully saturated rings. The van der Waals surface area contributed by atoms with Crippen molar-refractivity contribution in [1.29, 1.82) is 0 Å². The first kappa shape index (κ1) is 11.3. The van der Waals surface area contributed by atoms with Crippen molar-refractivity contribution in [1.82, 2.24) is 10.3 Å². The number of esters is 1. The van der Waals surface area contributed by atoms with Gasteiger partial charge in [-0.25, -0.2) is 9.59 Å². The van der Waals surface area contributed by atoms with Crippen LogP contribution in [0.25, 0.3) is 11.1 Å². The van der Waals surface area contributed by atoms with Crippen LogP contribution in [-0.2, 0) is 4.74 Å². The normalized spacial score (nSPS) is 10.4. The van der Waals surface area contributed by atoms with Crippen molar-refractivity contribution in [2.45, 2.75) is 13.3 Å². The van der Waals surface area contributed by atoms with Gasteiger partial charge in [-0.1, -0.05) is 6.92 Å². The lowest BCUT2D eigenvalue weighted by Gasteiger charge is -2.02. The van der Waals surface area contributed by atoms with Crippen LogP contribution in [0.15, 0.2) is 22.8 Å². The van der Waals surface area contributed by atoms with Crippen molar-refractivity contribution in [2.24, 2.45) is 0 Å². The van der Waals surface area contributed by atoms with Gasteiger partial charge in [0.25, 0.3) is 0 Å². The van der Waals surface area contributed by atoms with E-state index in [9.17, 15) is 9.59 Å². The molecule has 0 unspecified atom stereocenters. The van der Waals surface area contributed by atoms with Crippen molar-refractivity contribution in [3.63, 3.8) is 0 Å². The molecular weight excluding hydrogens is 224 g/mol. The average Bonchev–Trinajstić information content (AvgIpc) is 2.86. The highest BCUT2D eigenvalue weighted by Gasteiger charge is 2.15. The summed E-state index contributed by atoms with van der Waals surface area (Å²) in [6.45, 7) is 2.38. The third-order valence-electron chi connectivity index (χ3n) is 2.16. The fraction of sp³-hybridized carbons (Fsp3) is 0.273. The van der Waals surface area contributed by atoms with E-state index in [1.165, 1.54) is 12.3 Å². The zero-order chi connectivity index (χ0) is 12.3. The fourth-order valence-electron chi connectivity index (χ4n) is 1.36. The second-order valence-corrected chi connectivity index (χ2v) is 3.49. The first-order valence-electron chi connectivity index (χ1n) is 5.27. The fourth-order valence-corrected chi connectivity index (χ4v) is 1.36. The number of ether oxygens (including phenoxy) is 1. The smallest absolute Gasteiger partial charge is 0.415 e. The number of hydrogen-bond acceptors (Lipinski definition) is 4. The lowest BCUT2D eigenvalue weighted by atomic mass is 10.4. The molecule has 2 aromatic heterocycles. The van der Waals surface area contributed by atoms with Gasteiger partial charge in [0.15, 0.2) is 5.58 Å². The predicted octanol–water partition coefficient (Wildman–Crippen LogP) is 2.04. The van der Waals surface area contributed by atoms with Gasteiger partial charge in [-0.2, -0.15) is 0 Å². The lowest BCUT2D eigenvalue weighted by molar-refractivity contribution is 0.0617. The maximum absolute atomic E-state index is 11.5. The van der Waals surface area contributed by atoms with Crippen molar-refractivity contribution >= 4 is 23.2 Å². The van der Waals surface area contributed by atoms with Gasteiger partial charge in [-0.15, -0.1) is 0 Å². The Balaban J connectivity index is 2.00. The number of carbonyl (C=O) groups excluding carboxylic acids is 2. The van der Waals surface area contributed by atoms with Gasteiger partial charge in [0.2, 0.25) is 0 Å². The zero-order valence-corrected chi connectivity index (χ0v) is 9.28. The second-order valence-electron chi connectivity index (χ2n) is 3.49. The quantitative estimate of drug-likeness (QED) is 0.630. The number of aromatic amines is 1. The first-order valence-corrected chi connectivity index (χ1v) is 5.27. The molecule has 0 aliphatic heterocycles. The van der Waals surface area contributed by atoms with Crippen LogP contribution in [0.4, 0.5) is 4.79 Å². The number of aromatic nitrogens is 1. The Hall–Kier alpha value is -2.24. The van der Waals surface area contributed by atoms with E-state index in [1.54, 1.807) is 6.07 Å². The molecule has 0 aliphatic rings. The minimum absolute atomic E-state index is 0.186. The molecule has 2 heterocycles. The van der Waals surface area contributed by atoms with Crippen LogP contribution in [0, 0.1) is 0 Å². The molecule has 0 aliphatic carbocycles. The van der Waals surface area contributed by atoms with Gasteiger partial charge in [0.05, 0.1) is 11.8 Å². The van der Waals surface area contributed by atoms with Crippen LogP contribution < -0.4 is 5.32 Å². The summed E-state index contributed by atoms with van der Waals surface area (Å²) in [5.74, 6) is -0.731. The summed E-state index contributed by atoms with van der Waals surface area (Å²) in [6, 6.07) is 3.17. The van der Waals surface area contributed by atoms with Gasteiger partial charge in [-0.05, 0) is 6.42 Å². The summed E-state index contributed by atoms with van der Waals surface area (Å²) in [7, 11) is 0. The number of hydrogen-bond donors (Lipinski definition) is 2. The van der Waals surface area contributed by atoms with E-state index in [2.05, 4.69) is 15.0 Å². The number of H-pyrrole nitrogens is 1. The minimum Gasteiger partial charge on any atom is -0.463 e. The van der Waals surface area contributed by atoms with E-state index in [-0.39, 0.29) is 5.69 Å². The Bertz CT molecular complexity index is 512. The number of furan rings is 1. The minimum atomic E-state index is -0.747. The van der Waals surface area contributed by atoms with E-state index in [0.29, 0.717) is 17.6 Å². The molecule has 6 nitrogen and oxygen atoms in total. The monoisotopic (exact) mass is 236 g/mol. The molecule has 90 valence electrons. The SMILES string of the molecule is CCCNC(=O)OC(=O)c1cc2occc2[nH]1. The van der Waals surface area contributed by atoms with Crippen molar-refractivity contribution in [3.8, 4) is 0 Å². The third kappa shape index (κ3) is 2.47. The number of fused-ring (bicyclic) bond motifs is 1. The molecule has 0 saturated heterocycles. The van der Waals surface area contributed by atoms with Crippen molar-refractivity contribution in [3.05, 3.63) is 24.1 Å². The van der Waals surface area contributed by atoms with Gasteiger partial charge in [-0.3, -0.25) is 0 Å². The van der Waals surface area contributed by atoms with Gasteiger partial charge in [0, 0.05) is 18.7 Å². The zero-order valence-electron chi connectivity index (χ0n) is 9.28. The van der Waals surface area contributed by atoms with Gasteiger partial charge < -0.3 is 19.5 Å². The number of alkyl carbamates (subject to hydrolysis) is 1. The molecule has 1 amide bonds. The maximum atomic E-state index is 11.5. The molecule has 0 aromatic carbocycles. The summed E-state index contributed by atoms with van der Waals surface area (Å²) in [5.41, 5.74) is 1.42. The van der Waals surface area contributed by atoms with Crippen LogP contribution in [0.2, 0.25) is 0 Å². The molecule has 0 spiro atoms. The summed E-state index contributed by atoms with van der Waals surface area (Å²) in [6.07, 6.45) is 1.53. The van der Waals surface area contributed by atoms with Gasteiger partial charge >= 0.3 is 12.1 Å². The summed E-state index contributed by atoms with van der Waals surface area (Å²) >= 11 is 0. The third-order valence-corrected chi connectivity index (χ3v) is 2.16. The van der Waals surface area contributed by atoms with Crippen LogP contribution in [-0.4, -0.2) is 23.6 Å².